The van der Waals surface area contributed by atoms with Crippen LogP contribution >= 0.6 is 11.8 Å². The monoisotopic (exact) mass is 302 g/mol. The highest BCUT2D eigenvalue weighted by atomic mass is 32.2. The Balaban J connectivity index is 1.70. The van der Waals surface area contributed by atoms with Gasteiger partial charge in [-0.1, -0.05) is 18.2 Å². The smallest absolute Gasteiger partial charge is 0.331 e. The maximum Gasteiger partial charge on any atom is 0.331 e. The molecular weight excluding hydrogens is 288 g/mol. The second-order valence-electron chi connectivity index (χ2n) is 5.56. The molecule has 21 heavy (non-hydrogen) atoms. The molecule has 108 valence electrons. The Bertz CT molecular complexity index is 686. The van der Waals surface area contributed by atoms with Crippen LogP contribution in [-0.2, 0) is 16.8 Å². The largest absolute Gasteiger partial charge is 0.479 e. The van der Waals surface area contributed by atoms with Crippen LogP contribution in [0.2, 0.25) is 0 Å². The van der Waals surface area contributed by atoms with Crippen molar-refractivity contribution in [2.24, 2.45) is 0 Å². The lowest BCUT2D eigenvalue weighted by molar-refractivity contribution is -0.153. The van der Waals surface area contributed by atoms with Gasteiger partial charge in [-0.15, -0.1) is 16.9 Å². The Morgan fingerprint density at radius 1 is 1.38 bits per heavy atom. The summed E-state index contributed by atoms with van der Waals surface area (Å²) in [4.78, 5) is 12.9. The Labute approximate surface area is 125 Å². The fraction of sp³-hybridized carbons (Fsp3) is 0.429. The van der Waals surface area contributed by atoms with E-state index in [4.69, 9.17) is 0 Å². The minimum absolute atomic E-state index is 0.0919. The van der Waals surface area contributed by atoms with E-state index in [-0.39, 0.29) is 5.25 Å². The van der Waals surface area contributed by atoms with Crippen LogP contribution in [0.15, 0.2) is 29.2 Å². The number of benzene rings is 1. The van der Waals surface area contributed by atoms with E-state index >= 15 is 0 Å². The van der Waals surface area contributed by atoms with Crippen molar-refractivity contribution < 1.29 is 9.90 Å². The fourth-order valence-electron chi connectivity index (χ4n) is 3.05. The molecule has 7 heteroatoms. The first-order valence-electron chi connectivity index (χ1n) is 6.97. The molecule has 0 amide bonds. The van der Waals surface area contributed by atoms with Crippen LogP contribution in [0.1, 0.15) is 35.9 Å². The summed E-state index contributed by atoms with van der Waals surface area (Å²) in [5.74, 6) is -0.152. The molecule has 2 heterocycles. The van der Waals surface area contributed by atoms with Crippen LogP contribution in [0.25, 0.3) is 0 Å². The lowest BCUT2D eigenvalue weighted by Gasteiger charge is -2.38. The number of aromatic nitrogens is 4. The maximum atomic E-state index is 11.7. The van der Waals surface area contributed by atoms with E-state index in [0.29, 0.717) is 18.7 Å². The minimum atomic E-state index is -0.936. The Morgan fingerprint density at radius 2 is 2.19 bits per heavy atom. The maximum absolute atomic E-state index is 11.7. The number of thioether (sulfide) groups is 1. The molecule has 4 rings (SSSR count). The predicted molar refractivity (Wildman–Crippen MR) is 76.0 cm³/mol. The van der Waals surface area contributed by atoms with Crippen LogP contribution in [0.4, 0.5) is 0 Å². The normalized spacial score (nSPS) is 22.6. The molecule has 1 aliphatic heterocycles. The van der Waals surface area contributed by atoms with Gasteiger partial charge in [-0.25, -0.2) is 9.48 Å². The van der Waals surface area contributed by atoms with Crippen molar-refractivity contribution in [2.45, 2.75) is 41.4 Å². The van der Waals surface area contributed by atoms with Crippen molar-refractivity contribution in [3.63, 3.8) is 0 Å². The molecular formula is C14H14N4O2S. The van der Waals surface area contributed by atoms with E-state index in [0.717, 1.165) is 12.8 Å². The van der Waals surface area contributed by atoms with Gasteiger partial charge in [0.05, 0.1) is 5.25 Å². The van der Waals surface area contributed by atoms with Gasteiger partial charge in [0.25, 0.3) is 0 Å². The first-order chi connectivity index (χ1) is 10.2. The molecule has 2 aromatic rings. The van der Waals surface area contributed by atoms with Crippen molar-refractivity contribution in [2.75, 3.05) is 0 Å². The summed E-state index contributed by atoms with van der Waals surface area (Å²) < 4.78 is 1.56. The van der Waals surface area contributed by atoms with E-state index in [1.165, 1.54) is 10.5 Å². The molecule has 1 aromatic carbocycles. The van der Waals surface area contributed by atoms with Crippen molar-refractivity contribution in [1.82, 2.24) is 20.2 Å². The van der Waals surface area contributed by atoms with Gasteiger partial charge in [0.2, 0.25) is 0 Å². The van der Waals surface area contributed by atoms with Gasteiger partial charge in [-0.2, -0.15) is 0 Å². The van der Waals surface area contributed by atoms with Gasteiger partial charge in [0.1, 0.15) is 0 Å². The van der Waals surface area contributed by atoms with Crippen molar-refractivity contribution >= 4 is 17.7 Å². The van der Waals surface area contributed by atoms with Gasteiger partial charge in [-0.3, -0.25) is 0 Å². The van der Waals surface area contributed by atoms with Crippen molar-refractivity contribution in [3.05, 3.63) is 35.7 Å². The van der Waals surface area contributed by atoms with E-state index in [1.54, 1.807) is 16.4 Å². The van der Waals surface area contributed by atoms with Gasteiger partial charge >= 0.3 is 5.97 Å². The molecule has 1 atom stereocenters. The van der Waals surface area contributed by atoms with Crippen LogP contribution < -0.4 is 0 Å². The zero-order valence-corrected chi connectivity index (χ0v) is 12.1. The number of carbonyl (C=O) groups is 1. The molecule has 0 radical (unpaired) electrons. The van der Waals surface area contributed by atoms with Crippen LogP contribution in [0.3, 0.4) is 0 Å². The third-order valence-corrected chi connectivity index (χ3v) is 5.73. The number of tetrazole rings is 1. The van der Waals surface area contributed by atoms with Crippen molar-refractivity contribution in [3.8, 4) is 0 Å². The zero-order chi connectivity index (χ0) is 14.4. The summed E-state index contributed by atoms with van der Waals surface area (Å²) in [6.45, 7) is 0. The Hall–Kier alpha value is -1.89. The fourth-order valence-corrected chi connectivity index (χ4v) is 4.34. The number of hydrogen-bond donors (Lipinski definition) is 1. The summed E-state index contributed by atoms with van der Waals surface area (Å²) in [6.07, 6.45) is 2.95. The lowest BCUT2D eigenvalue weighted by atomic mass is 9.77. The third-order valence-electron chi connectivity index (χ3n) is 4.41. The van der Waals surface area contributed by atoms with Crippen LogP contribution in [0.5, 0.6) is 0 Å². The molecule has 6 nitrogen and oxygen atoms in total. The molecule has 1 N–H and O–H groups in total. The van der Waals surface area contributed by atoms with Gasteiger partial charge in [0, 0.05) is 4.90 Å². The van der Waals surface area contributed by atoms with Crippen molar-refractivity contribution in [1.29, 1.82) is 0 Å². The second-order valence-corrected chi connectivity index (χ2v) is 6.80. The number of hydrogen-bond acceptors (Lipinski definition) is 5. The van der Waals surface area contributed by atoms with E-state index in [9.17, 15) is 9.90 Å². The number of aliphatic carboxylic acids is 1. The summed E-state index contributed by atoms with van der Waals surface area (Å²) in [7, 11) is 0. The summed E-state index contributed by atoms with van der Waals surface area (Å²) >= 11 is 1.71. The highest BCUT2D eigenvalue weighted by Crippen LogP contribution is 2.48. The average molecular weight is 302 g/mol. The molecule has 2 aliphatic rings. The summed E-state index contributed by atoms with van der Waals surface area (Å²) in [5, 5.41) is 21.5. The first-order valence-corrected chi connectivity index (χ1v) is 7.85. The predicted octanol–water partition coefficient (Wildman–Crippen LogP) is 2.03. The molecule has 0 spiro atoms. The van der Waals surface area contributed by atoms with Crippen LogP contribution in [0, 0.1) is 0 Å². The van der Waals surface area contributed by atoms with Crippen LogP contribution in [-0.4, -0.2) is 31.3 Å². The molecule has 1 fully saturated rings. The quantitative estimate of drug-likeness (QED) is 0.934. The highest BCUT2D eigenvalue weighted by Gasteiger charge is 2.50. The highest BCUT2D eigenvalue weighted by molar-refractivity contribution is 7.99. The van der Waals surface area contributed by atoms with E-state index in [1.807, 2.05) is 12.1 Å². The van der Waals surface area contributed by atoms with E-state index in [2.05, 4.69) is 27.7 Å². The summed E-state index contributed by atoms with van der Waals surface area (Å²) in [6, 6.07) is 8.23. The summed E-state index contributed by atoms with van der Waals surface area (Å²) in [5.41, 5.74) is 0.341. The number of rotatable bonds is 3. The molecule has 1 saturated carbocycles. The molecule has 1 aromatic heterocycles. The number of fused-ring (bicyclic) bond motifs is 1. The zero-order valence-electron chi connectivity index (χ0n) is 11.3. The molecule has 0 saturated heterocycles. The van der Waals surface area contributed by atoms with Gasteiger partial charge in [0.15, 0.2) is 11.4 Å². The Kier molecular flexibility index (Phi) is 2.78. The SMILES string of the molecule is O=C(O)C1(n2nnnc2C2Cc3ccccc3S2)CCC1. The molecule has 1 aliphatic carbocycles. The number of carboxylic acids is 1. The van der Waals surface area contributed by atoms with E-state index < -0.39 is 11.5 Å². The molecule has 1 unspecified atom stereocenters. The van der Waals surface area contributed by atoms with Gasteiger partial charge in [-0.05, 0) is 47.7 Å². The standard InChI is InChI=1S/C14H14N4O2S/c19-13(20)14(6-3-7-14)18-12(15-16-17-18)11-8-9-4-1-2-5-10(9)21-11/h1-2,4-5,11H,3,6-8H2,(H,19,20). The number of carboxylic acid groups (broad SMARTS) is 1. The molecule has 0 bridgehead atoms. The lowest BCUT2D eigenvalue weighted by Crippen LogP contribution is -2.49. The third kappa shape index (κ3) is 1.80. The average Bonchev–Trinajstić information content (AvgIpc) is 3.02. The minimum Gasteiger partial charge on any atom is -0.479 e. The topological polar surface area (TPSA) is 80.9 Å². The second kappa shape index (κ2) is 4.56. The van der Waals surface area contributed by atoms with Gasteiger partial charge < -0.3 is 5.11 Å². The Morgan fingerprint density at radius 3 is 2.86 bits per heavy atom. The first kappa shape index (κ1) is 12.8. The number of nitrogens with zero attached hydrogens (tertiary/aromatic N) is 4.